The van der Waals surface area contributed by atoms with Crippen molar-refractivity contribution in [1.29, 1.82) is 0 Å². The molecular weight excluding hydrogens is 330 g/mol. The molecule has 9 nitrogen and oxygen atoms in total. The highest BCUT2D eigenvalue weighted by Crippen LogP contribution is 2.21. The third kappa shape index (κ3) is 3.82. The average Bonchev–Trinajstić information content (AvgIpc) is 3.03. The SMILES string of the molecule is CN1CCN(C(=O)Nc2snnc2C(=O)N2CCN(C)CC2)CC1. The number of piperazine rings is 2. The number of amides is 3. The van der Waals surface area contributed by atoms with E-state index in [2.05, 4.69) is 24.7 Å². The summed E-state index contributed by atoms with van der Waals surface area (Å²) in [6.07, 6.45) is 0. The molecule has 1 aromatic rings. The van der Waals surface area contributed by atoms with E-state index >= 15 is 0 Å². The summed E-state index contributed by atoms with van der Waals surface area (Å²) in [6.45, 7) is 6.06. The molecule has 2 aliphatic rings. The lowest BCUT2D eigenvalue weighted by Crippen LogP contribution is -2.49. The van der Waals surface area contributed by atoms with Crippen LogP contribution in [0.4, 0.5) is 9.80 Å². The summed E-state index contributed by atoms with van der Waals surface area (Å²) >= 11 is 1.05. The van der Waals surface area contributed by atoms with Crippen molar-refractivity contribution in [1.82, 2.24) is 29.2 Å². The van der Waals surface area contributed by atoms with E-state index in [4.69, 9.17) is 0 Å². The molecule has 1 N–H and O–H groups in total. The summed E-state index contributed by atoms with van der Waals surface area (Å²) < 4.78 is 3.86. The lowest BCUT2D eigenvalue weighted by Gasteiger charge is -2.32. The average molecular weight is 353 g/mol. The Morgan fingerprint density at radius 1 is 0.917 bits per heavy atom. The van der Waals surface area contributed by atoms with Crippen LogP contribution in [-0.2, 0) is 0 Å². The molecule has 3 amide bonds. The third-order valence-corrected chi connectivity index (χ3v) is 5.13. The smallest absolute Gasteiger partial charge is 0.322 e. The summed E-state index contributed by atoms with van der Waals surface area (Å²) in [5.74, 6) is -0.162. The standard InChI is InChI=1S/C14H23N7O2S/c1-18-3-7-20(8-4-18)13(22)11-12(24-17-16-11)15-14(23)21-9-5-19(2)6-10-21/h3-10H2,1-2H3,(H,15,23). The molecule has 3 heterocycles. The van der Waals surface area contributed by atoms with E-state index in [1.54, 1.807) is 9.80 Å². The molecule has 0 radical (unpaired) electrons. The van der Waals surface area contributed by atoms with E-state index in [0.29, 0.717) is 31.2 Å². The van der Waals surface area contributed by atoms with Gasteiger partial charge in [0.1, 0.15) is 0 Å². The van der Waals surface area contributed by atoms with E-state index in [1.165, 1.54) is 0 Å². The van der Waals surface area contributed by atoms with Crippen LogP contribution in [0.5, 0.6) is 0 Å². The van der Waals surface area contributed by atoms with Crippen LogP contribution in [0.2, 0.25) is 0 Å². The van der Waals surface area contributed by atoms with Gasteiger partial charge in [-0.15, -0.1) is 5.10 Å². The second-order valence-electron chi connectivity index (χ2n) is 6.27. The van der Waals surface area contributed by atoms with Crippen LogP contribution in [0.3, 0.4) is 0 Å². The molecule has 3 rings (SSSR count). The Kier molecular flexibility index (Phi) is 5.27. The van der Waals surface area contributed by atoms with Crippen molar-refractivity contribution in [2.45, 2.75) is 0 Å². The number of likely N-dealkylation sites (N-methyl/N-ethyl adjacent to an activating group) is 2. The van der Waals surface area contributed by atoms with Gasteiger partial charge in [-0.05, 0) is 14.1 Å². The monoisotopic (exact) mass is 353 g/mol. The molecule has 0 aromatic carbocycles. The van der Waals surface area contributed by atoms with Crippen molar-refractivity contribution in [3.8, 4) is 0 Å². The summed E-state index contributed by atoms with van der Waals surface area (Å²) in [5, 5.41) is 7.18. The highest BCUT2D eigenvalue weighted by Gasteiger charge is 2.27. The Balaban J connectivity index is 1.62. The van der Waals surface area contributed by atoms with Crippen molar-refractivity contribution in [2.24, 2.45) is 0 Å². The summed E-state index contributed by atoms with van der Waals surface area (Å²) in [6, 6.07) is -0.193. The van der Waals surface area contributed by atoms with Crippen LogP contribution in [0.25, 0.3) is 0 Å². The normalized spacial score (nSPS) is 20.2. The van der Waals surface area contributed by atoms with Crippen molar-refractivity contribution < 1.29 is 9.59 Å². The van der Waals surface area contributed by atoms with Crippen LogP contribution in [0, 0.1) is 0 Å². The number of urea groups is 1. The first-order valence-electron chi connectivity index (χ1n) is 8.09. The number of nitrogens with zero attached hydrogens (tertiary/aromatic N) is 6. The van der Waals surface area contributed by atoms with E-state index in [1.807, 2.05) is 14.1 Å². The maximum Gasteiger partial charge on any atom is 0.322 e. The third-order valence-electron chi connectivity index (χ3n) is 4.49. The quantitative estimate of drug-likeness (QED) is 0.786. The fraction of sp³-hybridized carbons (Fsp3) is 0.714. The number of hydrogen-bond donors (Lipinski definition) is 1. The Labute approximate surface area is 145 Å². The summed E-state index contributed by atoms with van der Waals surface area (Å²) in [7, 11) is 4.07. The van der Waals surface area contributed by atoms with E-state index in [9.17, 15) is 9.59 Å². The Morgan fingerprint density at radius 3 is 2.04 bits per heavy atom. The first kappa shape index (κ1) is 17.1. The minimum atomic E-state index is -0.193. The molecule has 0 unspecified atom stereocenters. The van der Waals surface area contributed by atoms with Gasteiger partial charge in [-0.1, -0.05) is 4.49 Å². The number of anilines is 1. The van der Waals surface area contributed by atoms with Gasteiger partial charge in [-0.2, -0.15) is 0 Å². The van der Waals surface area contributed by atoms with Gasteiger partial charge in [0.25, 0.3) is 5.91 Å². The fourth-order valence-corrected chi connectivity index (χ4v) is 3.31. The van der Waals surface area contributed by atoms with Crippen molar-refractivity contribution in [2.75, 3.05) is 71.8 Å². The Hall–Kier alpha value is -1.78. The maximum atomic E-state index is 12.6. The highest BCUT2D eigenvalue weighted by atomic mass is 32.1. The predicted molar refractivity (Wildman–Crippen MR) is 91.4 cm³/mol. The summed E-state index contributed by atoms with van der Waals surface area (Å²) in [4.78, 5) is 32.9. The first-order valence-corrected chi connectivity index (χ1v) is 8.86. The zero-order valence-corrected chi connectivity index (χ0v) is 14.9. The lowest BCUT2D eigenvalue weighted by atomic mass is 10.3. The van der Waals surface area contributed by atoms with Crippen LogP contribution in [0.15, 0.2) is 0 Å². The maximum absolute atomic E-state index is 12.6. The van der Waals surface area contributed by atoms with Gasteiger partial charge in [0, 0.05) is 63.9 Å². The molecule has 2 fully saturated rings. The molecule has 0 spiro atoms. The number of nitrogens with one attached hydrogen (secondary N) is 1. The summed E-state index contributed by atoms with van der Waals surface area (Å²) in [5.41, 5.74) is 0.243. The molecule has 0 aliphatic carbocycles. The zero-order chi connectivity index (χ0) is 17.1. The molecule has 0 bridgehead atoms. The minimum absolute atomic E-state index is 0.162. The zero-order valence-electron chi connectivity index (χ0n) is 14.1. The molecule has 24 heavy (non-hydrogen) atoms. The van der Waals surface area contributed by atoms with Crippen LogP contribution >= 0.6 is 11.5 Å². The highest BCUT2D eigenvalue weighted by molar-refractivity contribution is 7.10. The van der Waals surface area contributed by atoms with Crippen LogP contribution in [0.1, 0.15) is 10.5 Å². The first-order chi connectivity index (χ1) is 11.5. The molecule has 0 saturated carbocycles. The molecule has 2 saturated heterocycles. The Morgan fingerprint density at radius 2 is 1.46 bits per heavy atom. The van der Waals surface area contributed by atoms with Gasteiger partial charge in [0.15, 0.2) is 10.7 Å². The second kappa shape index (κ2) is 7.41. The fourth-order valence-electron chi connectivity index (χ4n) is 2.76. The van der Waals surface area contributed by atoms with Gasteiger partial charge < -0.3 is 19.6 Å². The number of carbonyl (C=O) groups excluding carboxylic acids is 2. The number of aromatic nitrogens is 2. The van der Waals surface area contributed by atoms with Gasteiger partial charge in [0.05, 0.1) is 0 Å². The molecule has 0 atom stereocenters. The number of rotatable bonds is 2. The molecule has 1 aromatic heterocycles. The topological polar surface area (TPSA) is 84.9 Å². The Bertz CT molecular complexity index is 592. The number of carbonyl (C=O) groups is 2. The van der Waals surface area contributed by atoms with E-state index in [-0.39, 0.29) is 17.6 Å². The minimum Gasteiger partial charge on any atom is -0.335 e. The molecule has 10 heteroatoms. The van der Waals surface area contributed by atoms with E-state index in [0.717, 1.165) is 37.7 Å². The second-order valence-corrected chi connectivity index (χ2v) is 7.02. The van der Waals surface area contributed by atoms with Gasteiger partial charge in [-0.3, -0.25) is 10.1 Å². The van der Waals surface area contributed by atoms with Gasteiger partial charge in [0.2, 0.25) is 0 Å². The van der Waals surface area contributed by atoms with E-state index < -0.39 is 0 Å². The number of hydrogen-bond acceptors (Lipinski definition) is 7. The predicted octanol–water partition coefficient (Wildman–Crippen LogP) is -0.295. The molecule has 2 aliphatic heterocycles. The van der Waals surface area contributed by atoms with Crippen molar-refractivity contribution in [3.63, 3.8) is 0 Å². The lowest BCUT2D eigenvalue weighted by molar-refractivity contribution is 0.0659. The van der Waals surface area contributed by atoms with Crippen molar-refractivity contribution >= 4 is 28.5 Å². The molecule has 132 valence electrons. The molecular formula is C14H23N7O2S. The van der Waals surface area contributed by atoms with Crippen LogP contribution < -0.4 is 5.32 Å². The van der Waals surface area contributed by atoms with Gasteiger partial charge >= 0.3 is 6.03 Å². The van der Waals surface area contributed by atoms with Crippen LogP contribution in [-0.4, -0.2) is 108 Å². The van der Waals surface area contributed by atoms with Gasteiger partial charge in [-0.25, -0.2) is 4.79 Å². The van der Waals surface area contributed by atoms with Crippen molar-refractivity contribution in [3.05, 3.63) is 5.69 Å². The largest absolute Gasteiger partial charge is 0.335 e.